The summed E-state index contributed by atoms with van der Waals surface area (Å²) in [6.45, 7) is 0.577. The average Bonchev–Trinajstić information content (AvgIpc) is 2.78. The van der Waals surface area contributed by atoms with E-state index in [-0.39, 0.29) is 16.7 Å². The van der Waals surface area contributed by atoms with Crippen LogP contribution in [0.2, 0.25) is 0 Å². The van der Waals surface area contributed by atoms with Gasteiger partial charge < -0.3 is 15.5 Å². The number of nitrogens with one attached hydrogen (secondary N) is 1. The number of benzene rings is 3. The maximum Gasteiger partial charge on any atom is 0.414 e. The normalized spacial score (nSPS) is 11.0. The molecule has 8 nitrogen and oxygen atoms in total. The third-order valence-electron chi connectivity index (χ3n) is 4.34. The Balaban J connectivity index is 0.000000501. The molecule has 0 spiro atoms. The van der Waals surface area contributed by atoms with E-state index in [0.29, 0.717) is 6.54 Å². The number of nitro groups is 1. The number of hydrogen-bond acceptors (Lipinski definition) is 5. The number of carboxylic acids is 2. The first-order valence-electron chi connectivity index (χ1n) is 9.38. The molecule has 0 saturated carbocycles. The highest BCUT2D eigenvalue weighted by Gasteiger charge is 2.13. The van der Waals surface area contributed by atoms with Crippen molar-refractivity contribution < 1.29 is 24.7 Å². The highest BCUT2D eigenvalue weighted by molar-refractivity contribution is 6.27. The number of carbonyl (C=O) groups is 2. The lowest BCUT2D eigenvalue weighted by molar-refractivity contribution is -0.384. The van der Waals surface area contributed by atoms with Crippen LogP contribution in [0, 0.1) is 10.1 Å². The van der Waals surface area contributed by atoms with Gasteiger partial charge in [0.25, 0.3) is 5.69 Å². The molecule has 3 aromatic rings. The van der Waals surface area contributed by atoms with Crippen molar-refractivity contribution in [1.29, 1.82) is 0 Å². The zero-order valence-electron chi connectivity index (χ0n) is 16.5. The van der Waals surface area contributed by atoms with Crippen molar-refractivity contribution >= 4 is 17.6 Å². The summed E-state index contributed by atoms with van der Waals surface area (Å²) in [5.41, 5.74) is 3.49. The van der Waals surface area contributed by atoms with Gasteiger partial charge in [-0.25, -0.2) is 9.59 Å². The fraction of sp³-hybridized carbons (Fsp3) is 0.130. The summed E-state index contributed by atoms with van der Waals surface area (Å²) in [7, 11) is 0. The molecule has 0 aromatic heterocycles. The summed E-state index contributed by atoms with van der Waals surface area (Å²) in [5, 5.41) is 29.3. The molecule has 0 aliphatic rings. The van der Waals surface area contributed by atoms with E-state index in [1.54, 1.807) is 12.1 Å². The topological polar surface area (TPSA) is 130 Å². The first-order chi connectivity index (χ1) is 14.9. The van der Waals surface area contributed by atoms with E-state index in [2.05, 4.69) is 29.6 Å². The van der Waals surface area contributed by atoms with Crippen molar-refractivity contribution in [2.75, 3.05) is 0 Å². The lowest BCUT2D eigenvalue weighted by Crippen LogP contribution is -2.23. The predicted molar refractivity (Wildman–Crippen MR) is 115 cm³/mol. The summed E-state index contributed by atoms with van der Waals surface area (Å²) in [6, 6.07) is 27.5. The molecular weight excluding hydrogens is 400 g/mol. The van der Waals surface area contributed by atoms with Gasteiger partial charge in [0.15, 0.2) is 0 Å². The molecule has 0 saturated heterocycles. The third-order valence-corrected chi connectivity index (χ3v) is 4.34. The molecular formula is C23H22N2O6. The van der Waals surface area contributed by atoms with Crippen LogP contribution in [0.3, 0.4) is 0 Å². The van der Waals surface area contributed by atoms with Gasteiger partial charge in [-0.3, -0.25) is 10.1 Å². The van der Waals surface area contributed by atoms with Crippen LogP contribution in [0.1, 0.15) is 22.7 Å². The highest BCUT2D eigenvalue weighted by atomic mass is 16.6. The number of hydrogen-bond donors (Lipinski definition) is 3. The second kappa shape index (κ2) is 11.8. The van der Waals surface area contributed by atoms with Crippen LogP contribution in [0.25, 0.3) is 0 Å². The van der Waals surface area contributed by atoms with Crippen molar-refractivity contribution in [2.45, 2.75) is 19.0 Å². The van der Waals surface area contributed by atoms with E-state index in [4.69, 9.17) is 19.8 Å². The Morgan fingerprint density at radius 2 is 1.39 bits per heavy atom. The molecule has 3 N–H and O–H groups in total. The second-order valence-corrected chi connectivity index (χ2v) is 6.57. The SMILES string of the molecule is O=C(O)C(=O)O.O=[N+]([O-])c1cccc(CNC(Cc2ccccc2)c2ccccc2)c1. The zero-order chi connectivity index (χ0) is 22.6. The van der Waals surface area contributed by atoms with E-state index >= 15 is 0 Å². The number of carboxylic acid groups (broad SMARTS) is 2. The van der Waals surface area contributed by atoms with Gasteiger partial charge in [-0.2, -0.15) is 0 Å². The summed E-state index contributed by atoms with van der Waals surface area (Å²) in [4.78, 5) is 28.8. The second-order valence-electron chi connectivity index (χ2n) is 6.57. The van der Waals surface area contributed by atoms with E-state index in [1.165, 1.54) is 17.2 Å². The Kier molecular flexibility index (Phi) is 8.88. The van der Waals surface area contributed by atoms with Crippen molar-refractivity contribution in [3.8, 4) is 0 Å². The quantitative estimate of drug-likeness (QED) is 0.300. The molecule has 160 valence electrons. The van der Waals surface area contributed by atoms with Gasteiger partial charge in [0.05, 0.1) is 4.92 Å². The first-order valence-corrected chi connectivity index (χ1v) is 9.38. The number of aliphatic carboxylic acids is 2. The minimum atomic E-state index is -1.82. The molecule has 0 bridgehead atoms. The smallest absolute Gasteiger partial charge is 0.414 e. The van der Waals surface area contributed by atoms with E-state index in [1.807, 2.05) is 42.5 Å². The van der Waals surface area contributed by atoms with Crippen LogP contribution in [-0.4, -0.2) is 27.1 Å². The Labute approximate surface area is 178 Å². The maximum absolute atomic E-state index is 10.9. The van der Waals surface area contributed by atoms with E-state index in [9.17, 15) is 10.1 Å². The monoisotopic (exact) mass is 422 g/mol. The Morgan fingerprint density at radius 3 is 1.94 bits per heavy atom. The number of nitrogens with zero attached hydrogens (tertiary/aromatic N) is 1. The molecule has 0 amide bonds. The molecule has 0 aliphatic carbocycles. The predicted octanol–water partition coefficient (Wildman–Crippen LogP) is 3.82. The molecule has 1 atom stereocenters. The summed E-state index contributed by atoms with van der Waals surface area (Å²) in [5.74, 6) is -3.65. The largest absolute Gasteiger partial charge is 0.473 e. The van der Waals surface area contributed by atoms with Crippen LogP contribution in [-0.2, 0) is 22.6 Å². The van der Waals surface area contributed by atoms with Gasteiger partial charge >= 0.3 is 11.9 Å². The molecule has 0 heterocycles. The maximum atomic E-state index is 10.9. The van der Waals surface area contributed by atoms with Crippen LogP contribution in [0.4, 0.5) is 5.69 Å². The minimum absolute atomic E-state index is 0.124. The Bertz CT molecular complexity index is 997. The molecule has 31 heavy (non-hydrogen) atoms. The summed E-state index contributed by atoms with van der Waals surface area (Å²) < 4.78 is 0. The Morgan fingerprint density at radius 1 is 0.839 bits per heavy atom. The lowest BCUT2D eigenvalue weighted by atomic mass is 9.98. The Hall–Kier alpha value is -4.04. The number of nitro benzene ring substituents is 1. The summed E-state index contributed by atoms with van der Waals surface area (Å²) in [6.07, 6.45) is 0.861. The van der Waals surface area contributed by atoms with Gasteiger partial charge in [-0.1, -0.05) is 72.8 Å². The molecule has 3 aromatic carbocycles. The van der Waals surface area contributed by atoms with Crippen LogP contribution < -0.4 is 5.32 Å². The minimum Gasteiger partial charge on any atom is -0.473 e. The summed E-state index contributed by atoms with van der Waals surface area (Å²) >= 11 is 0. The van der Waals surface area contributed by atoms with Crippen molar-refractivity contribution in [1.82, 2.24) is 5.32 Å². The molecule has 8 heteroatoms. The molecule has 0 fully saturated rings. The third kappa shape index (κ3) is 8.08. The van der Waals surface area contributed by atoms with E-state index < -0.39 is 11.9 Å². The standard InChI is InChI=1S/C21H20N2O2.C2H2O4/c24-23(25)20-13-7-10-18(14-20)16-22-21(19-11-5-2-6-12-19)15-17-8-3-1-4-9-17;3-1(4)2(5)6/h1-14,21-22H,15-16H2;(H,3,4)(H,5,6). The van der Waals surface area contributed by atoms with Gasteiger partial charge in [0.2, 0.25) is 0 Å². The van der Waals surface area contributed by atoms with Crippen molar-refractivity contribution in [2.24, 2.45) is 0 Å². The van der Waals surface area contributed by atoms with Gasteiger partial charge in [0.1, 0.15) is 0 Å². The molecule has 1 unspecified atom stereocenters. The van der Waals surface area contributed by atoms with Crippen LogP contribution in [0.15, 0.2) is 84.9 Å². The molecule has 3 rings (SSSR count). The van der Waals surface area contributed by atoms with Gasteiger partial charge in [0, 0.05) is 24.7 Å². The van der Waals surface area contributed by atoms with Crippen LogP contribution >= 0.6 is 0 Å². The molecule has 0 radical (unpaired) electrons. The highest BCUT2D eigenvalue weighted by Crippen LogP contribution is 2.20. The van der Waals surface area contributed by atoms with Crippen LogP contribution in [0.5, 0.6) is 0 Å². The molecule has 0 aliphatic heterocycles. The fourth-order valence-corrected chi connectivity index (χ4v) is 2.86. The van der Waals surface area contributed by atoms with E-state index in [0.717, 1.165) is 12.0 Å². The van der Waals surface area contributed by atoms with Gasteiger partial charge in [-0.05, 0) is 23.1 Å². The number of rotatable bonds is 7. The van der Waals surface area contributed by atoms with Crippen molar-refractivity contribution in [3.05, 3.63) is 112 Å². The fourth-order valence-electron chi connectivity index (χ4n) is 2.86. The first kappa shape index (κ1) is 23.2. The van der Waals surface area contributed by atoms with Crippen molar-refractivity contribution in [3.63, 3.8) is 0 Å². The average molecular weight is 422 g/mol. The number of non-ortho nitro benzene ring substituents is 1. The lowest BCUT2D eigenvalue weighted by Gasteiger charge is -2.19. The zero-order valence-corrected chi connectivity index (χ0v) is 16.5. The van der Waals surface area contributed by atoms with Gasteiger partial charge in [-0.15, -0.1) is 0 Å².